The Morgan fingerprint density at radius 2 is 1.83 bits per heavy atom. The Kier molecular flexibility index (Phi) is 3.73. The van der Waals surface area contributed by atoms with Crippen LogP contribution in [0.25, 0.3) is 0 Å². The van der Waals surface area contributed by atoms with Crippen LogP contribution < -0.4 is 10.6 Å². The van der Waals surface area contributed by atoms with E-state index in [1.54, 1.807) is 0 Å². The highest BCUT2D eigenvalue weighted by molar-refractivity contribution is 5.58. The molecule has 0 spiro atoms. The molecule has 2 rings (SSSR count). The van der Waals surface area contributed by atoms with Gasteiger partial charge < -0.3 is 10.6 Å². The number of rotatable bonds is 5. The van der Waals surface area contributed by atoms with E-state index in [2.05, 4.69) is 41.4 Å². The molecular formula is C14H24N4. The molecule has 18 heavy (non-hydrogen) atoms. The topological polar surface area (TPSA) is 49.8 Å². The average molecular weight is 248 g/mol. The summed E-state index contributed by atoms with van der Waals surface area (Å²) in [5, 5.41) is 6.96. The van der Waals surface area contributed by atoms with E-state index in [1.165, 1.54) is 19.3 Å². The first kappa shape index (κ1) is 13.1. The van der Waals surface area contributed by atoms with Crippen molar-refractivity contribution in [1.29, 1.82) is 0 Å². The Morgan fingerprint density at radius 3 is 2.39 bits per heavy atom. The molecule has 4 nitrogen and oxygen atoms in total. The van der Waals surface area contributed by atoms with Gasteiger partial charge in [0.25, 0.3) is 0 Å². The van der Waals surface area contributed by atoms with E-state index >= 15 is 0 Å². The van der Waals surface area contributed by atoms with Gasteiger partial charge in [-0.1, -0.05) is 6.92 Å². The molecular weight excluding hydrogens is 224 g/mol. The number of anilines is 2. The van der Waals surface area contributed by atoms with Crippen LogP contribution in [-0.4, -0.2) is 22.1 Å². The summed E-state index contributed by atoms with van der Waals surface area (Å²) in [5.41, 5.74) is 1.36. The van der Waals surface area contributed by atoms with E-state index in [0.29, 0.717) is 0 Å². The first-order valence-electron chi connectivity index (χ1n) is 6.91. The molecule has 1 aromatic heterocycles. The number of hydrogen-bond donors (Lipinski definition) is 2. The minimum absolute atomic E-state index is 0.230. The highest BCUT2D eigenvalue weighted by Gasteiger charge is 2.32. The molecule has 1 heterocycles. The largest absolute Gasteiger partial charge is 0.370 e. The van der Waals surface area contributed by atoms with Crippen LogP contribution in [0.1, 0.15) is 50.9 Å². The molecule has 1 fully saturated rings. The summed E-state index contributed by atoms with van der Waals surface area (Å²) in [6, 6.07) is 0. The van der Waals surface area contributed by atoms with Crippen LogP contribution in [0.2, 0.25) is 0 Å². The van der Waals surface area contributed by atoms with Crippen molar-refractivity contribution >= 4 is 11.6 Å². The molecule has 0 amide bonds. The molecule has 100 valence electrons. The summed E-state index contributed by atoms with van der Waals surface area (Å²) < 4.78 is 0. The summed E-state index contributed by atoms with van der Waals surface area (Å²) in [6.45, 7) is 9.41. The van der Waals surface area contributed by atoms with Crippen LogP contribution >= 0.6 is 0 Å². The Balaban J connectivity index is 2.20. The van der Waals surface area contributed by atoms with E-state index in [-0.39, 0.29) is 5.54 Å². The standard InChI is InChI=1S/C14H24N4/c1-5-9-15-12-10(2)13(17-11(3)16-12)18-14(4)7-6-8-14/h5-9H2,1-4H3,(H2,15,16,17,18). The molecule has 0 aliphatic heterocycles. The zero-order valence-corrected chi connectivity index (χ0v) is 11.9. The molecule has 0 aromatic carbocycles. The van der Waals surface area contributed by atoms with Gasteiger partial charge in [-0.15, -0.1) is 0 Å². The van der Waals surface area contributed by atoms with Gasteiger partial charge in [-0.3, -0.25) is 0 Å². The molecule has 0 unspecified atom stereocenters. The van der Waals surface area contributed by atoms with Gasteiger partial charge in [-0.05, 0) is 46.5 Å². The zero-order valence-electron chi connectivity index (χ0n) is 11.9. The van der Waals surface area contributed by atoms with Crippen LogP contribution in [-0.2, 0) is 0 Å². The second-order valence-corrected chi connectivity index (χ2v) is 5.56. The van der Waals surface area contributed by atoms with Crippen molar-refractivity contribution in [2.24, 2.45) is 0 Å². The number of aryl methyl sites for hydroxylation is 1. The Morgan fingerprint density at radius 1 is 1.17 bits per heavy atom. The summed E-state index contributed by atoms with van der Waals surface area (Å²) in [4.78, 5) is 9.03. The van der Waals surface area contributed by atoms with Gasteiger partial charge in [-0.25, -0.2) is 9.97 Å². The van der Waals surface area contributed by atoms with Gasteiger partial charge in [0.2, 0.25) is 0 Å². The molecule has 2 N–H and O–H groups in total. The van der Waals surface area contributed by atoms with Crippen molar-refractivity contribution in [2.45, 2.75) is 58.9 Å². The fourth-order valence-electron chi connectivity index (χ4n) is 2.28. The Hall–Kier alpha value is -1.32. The van der Waals surface area contributed by atoms with Crippen LogP contribution in [0.15, 0.2) is 0 Å². The summed E-state index contributed by atoms with van der Waals surface area (Å²) in [6.07, 6.45) is 4.87. The Bertz CT molecular complexity index is 424. The summed E-state index contributed by atoms with van der Waals surface area (Å²) in [7, 11) is 0. The van der Waals surface area contributed by atoms with Crippen LogP contribution in [0.5, 0.6) is 0 Å². The van der Waals surface area contributed by atoms with Gasteiger partial charge in [0.15, 0.2) is 0 Å². The highest BCUT2D eigenvalue weighted by Crippen LogP contribution is 2.35. The molecule has 0 bridgehead atoms. The average Bonchev–Trinajstić information content (AvgIpc) is 2.29. The fourth-order valence-corrected chi connectivity index (χ4v) is 2.28. The molecule has 4 heteroatoms. The highest BCUT2D eigenvalue weighted by atomic mass is 15.1. The lowest BCUT2D eigenvalue weighted by molar-refractivity contribution is 0.305. The third-order valence-electron chi connectivity index (χ3n) is 3.68. The predicted octanol–water partition coefficient (Wildman–Crippen LogP) is 3.27. The van der Waals surface area contributed by atoms with E-state index in [4.69, 9.17) is 0 Å². The molecule has 0 saturated heterocycles. The fraction of sp³-hybridized carbons (Fsp3) is 0.714. The normalized spacial score (nSPS) is 17.1. The van der Waals surface area contributed by atoms with Crippen molar-refractivity contribution in [3.05, 3.63) is 11.4 Å². The van der Waals surface area contributed by atoms with Crippen molar-refractivity contribution in [3.63, 3.8) is 0 Å². The Labute approximate surface area is 110 Å². The molecule has 0 atom stereocenters. The summed E-state index contributed by atoms with van der Waals surface area (Å²) >= 11 is 0. The first-order valence-corrected chi connectivity index (χ1v) is 6.91. The zero-order chi connectivity index (χ0) is 13.2. The number of hydrogen-bond acceptors (Lipinski definition) is 4. The van der Waals surface area contributed by atoms with Gasteiger partial charge in [-0.2, -0.15) is 0 Å². The molecule has 0 radical (unpaired) electrons. The van der Waals surface area contributed by atoms with E-state index in [1.807, 2.05) is 6.92 Å². The molecule has 1 aromatic rings. The van der Waals surface area contributed by atoms with Gasteiger partial charge in [0, 0.05) is 17.6 Å². The SMILES string of the molecule is CCCNc1nc(C)nc(NC2(C)CCC2)c1C. The second-order valence-electron chi connectivity index (χ2n) is 5.56. The van der Waals surface area contributed by atoms with E-state index in [9.17, 15) is 0 Å². The maximum atomic E-state index is 4.55. The van der Waals surface area contributed by atoms with Gasteiger partial charge in [0.1, 0.15) is 17.5 Å². The van der Waals surface area contributed by atoms with E-state index < -0.39 is 0 Å². The lowest BCUT2D eigenvalue weighted by Gasteiger charge is -2.40. The lowest BCUT2D eigenvalue weighted by Crippen LogP contribution is -2.42. The minimum atomic E-state index is 0.230. The number of aromatic nitrogens is 2. The number of nitrogens with one attached hydrogen (secondary N) is 2. The van der Waals surface area contributed by atoms with Crippen molar-refractivity contribution in [3.8, 4) is 0 Å². The monoisotopic (exact) mass is 248 g/mol. The minimum Gasteiger partial charge on any atom is -0.370 e. The van der Waals surface area contributed by atoms with E-state index in [0.717, 1.165) is 36.0 Å². The maximum absolute atomic E-state index is 4.55. The third kappa shape index (κ3) is 2.74. The van der Waals surface area contributed by atoms with Crippen LogP contribution in [0.3, 0.4) is 0 Å². The third-order valence-corrected chi connectivity index (χ3v) is 3.68. The second kappa shape index (κ2) is 5.12. The smallest absolute Gasteiger partial charge is 0.135 e. The van der Waals surface area contributed by atoms with Crippen molar-refractivity contribution in [2.75, 3.05) is 17.2 Å². The maximum Gasteiger partial charge on any atom is 0.135 e. The molecule has 1 saturated carbocycles. The molecule has 1 aliphatic carbocycles. The van der Waals surface area contributed by atoms with Crippen LogP contribution in [0, 0.1) is 13.8 Å². The summed E-state index contributed by atoms with van der Waals surface area (Å²) in [5.74, 6) is 2.78. The predicted molar refractivity (Wildman–Crippen MR) is 76.2 cm³/mol. The van der Waals surface area contributed by atoms with Crippen molar-refractivity contribution < 1.29 is 0 Å². The van der Waals surface area contributed by atoms with Gasteiger partial charge in [0.05, 0.1) is 0 Å². The van der Waals surface area contributed by atoms with Crippen LogP contribution in [0.4, 0.5) is 11.6 Å². The molecule has 1 aliphatic rings. The lowest BCUT2D eigenvalue weighted by atomic mass is 9.78. The van der Waals surface area contributed by atoms with Crippen molar-refractivity contribution in [1.82, 2.24) is 9.97 Å². The first-order chi connectivity index (χ1) is 8.54. The number of nitrogens with zero attached hydrogens (tertiary/aromatic N) is 2. The van der Waals surface area contributed by atoms with Gasteiger partial charge >= 0.3 is 0 Å². The quantitative estimate of drug-likeness (QED) is 0.839.